The molecule has 0 heterocycles. The Labute approximate surface area is 111 Å². The quantitative estimate of drug-likeness (QED) is 0.862. The van der Waals surface area contributed by atoms with Crippen LogP contribution >= 0.6 is 23.2 Å². The summed E-state index contributed by atoms with van der Waals surface area (Å²) in [5.74, 6) is 0. The molecule has 2 aromatic rings. The maximum atomic E-state index is 10.6. The number of rotatable bonds is 2. The number of benzene rings is 2. The molecule has 0 saturated carbocycles. The normalized spacial score (nSPS) is 14.4. The second-order valence-corrected chi connectivity index (χ2v) is 4.88. The number of hydrogen-bond acceptors (Lipinski definition) is 1. The molecule has 1 atom stereocenters. The van der Waals surface area contributed by atoms with E-state index in [4.69, 9.17) is 23.2 Å². The fourth-order valence-corrected chi connectivity index (χ4v) is 2.03. The summed E-state index contributed by atoms with van der Waals surface area (Å²) < 4.78 is 0. The molecule has 1 nitrogen and oxygen atoms in total. The lowest BCUT2D eigenvalue weighted by atomic mass is 9.88. The zero-order chi connectivity index (χ0) is 12.5. The van der Waals surface area contributed by atoms with Crippen molar-refractivity contribution in [2.75, 3.05) is 0 Å². The van der Waals surface area contributed by atoms with Crippen molar-refractivity contribution >= 4 is 23.2 Å². The smallest absolute Gasteiger partial charge is 0.112 e. The van der Waals surface area contributed by atoms with Crippen molar-refractivity contribution in [3.8, 4) is 0 Å². The van der Waals surface area contributed by atoms with Crippen LogP contribution in [0.3, 0.4) is 0 Å². The Kier molecular flexibility index (Phi) is 3.43. The summed E-state index contributed by atoms with van der Waals surface area (Å²) in [5.41, 5.74) is 0.464. The van der Waals surface area contributed by atoms with Crippen LogP contribution in [0.4, 0.5) is 0 Å². The van der Waals surface area contributed by atoms with Crippen molar-refractivity contribution < 1.29 is 5.11 Å². The van der Waals surface area contributed by atoms with Crippen molar-refractivity contribution in [1.29, 1.82) is 0 Å². The summed E-state index contributed by atoms with van der Waals surface area (Å²) in [4.78, 5) is 0. The van der Waals surface area contributed by atoms with Gasteiger partial charge in [-0.1, -0.05) is 59.6 Å². The van der Waals surface area contributed by atoms with Gasteiger partial charge in [-0.05, 0) is 30.2 Å². The van der Waals surface area contributed by atoms with Gasteiger partial charge >= 0.3 is 0 Å². The largest absolute Gasteiger partial charge is 0.381 e. The van der Waals surface area contributed by atoms with Crippen LogP contribution in [0, 0.1) is 0 Å². The lowest BCUT2D eigenvalue weighted by Crippen LogP contribution is -2.22. The third kappa shape index (κ3) is 2.47. The molecule has 0 radical (unpaired) electrons. The van der Waals surface area contributed by atoms with Gasteiger partial charge in [0.15, 0.2) is 0 Å². The first-order chi connectivity index (χ1) is 8.01. The van der Waals surface area contributed by atoms with Gasteiger partial charge in [0.1, 0.15) is 5.60 Å². The molecule has 0 amide bonds. The standard InChI is InChI=1S/C14H12Cl2O/c1-14(17,10-5-3-2-4-6-10)11-7-8-12(15)13(16)9-11/h2-9,17H,1H3. The monoisotopic (exact) mass is 266 g/mol. The maximum absolute atomic E-state index is 10.6. The molecule has 88 valence electrons. The van der Waals surface area contributed by atoms with Crippen LogP contribution in [-0.4, -0.2) is 5.11 Å². The minimum absolute atomic E-state index is 0.445. The molecular weight excluding hydrogens is 255 g/mol. The zero-order valence-electron chi connectivity index (χ0n) is 9.32. The highest BCUT2D eigenvalue weighted by Gasteiger charge is 2.25. The molecule has 0 spiro atoms. The van der Waals surface area contributed by atoms with E-state index in [1.54, 1.807) is 25.1 Å². The molecule has 0 bridgehead atoms. The van der Waals surface area contributed by atoms with E-state index < -0.39 is 5.60 Å². The van der Waals surface area contributed by atoms with E-state index in [9.17, 15) is 5.11 Å². The van der Waals surface area contributed by atoms with Gasteiger partial charge in [-0.2, -0.15) is 0 Å². The first kappa shape index (κ1) is 12.4. The molecule has 2 aromatic carbocycles. The lowest BCUT2D eigenvalue weighted by molar-refractivity contribution is 0.102. The molecule has 0 aliphatic heterocycles. The van der Waals surface area contributed by atoms with E-state index in [-0.39, 0.29) is 0 Å². The summed E-state index contributed by atoms with van der Waals surface area (Å²) in [6, 6.07) is 14.6. The molecule has 0 aliphatic carbocycles. The predicted octanol–water partition coefficient (Wildman–Crippen LogP) is 4.25. The Morgan fingerprint density at radius 3 is 2.12 bits per heavy atom. The third-order valence-corrected chi connectivity index (χ3v) is 3.56. The fourth-order valence-electron chi connectivity index (χ4n) is 1.73. The highest BCUT2D eigenvalue weighted by atomic mass is 35.5. The van der Waals surface area contributed by atoms with Crippen molar-refractivity contribution in [1.82, 2.24) is 0 Å². The van der Waals surface area contributed by atoms with E-state index in [0.29, 0.717) is 10.0 Å². The van der Waals surface area contributed by atoms with Gasteiger partial charge in [-0.15, -0.1) is 0 Å². The molecular formula is C14H12Cl2O. The Hall–Kier alpha value is -1.02. The topological polar surface area (TPSA) is 20.2 Å². The highest BCUT2D eigenvalue weighted by Crippen LogP contribution is 2.32. The van der Waals surface area contributed by atoms with Gasteiger partial charge in [0.05, 0.1) is 10.0 Å². The summed E-state index contributed by atoms with van der Waals surface area (Å²) in [7, 11) is 0. The average Bonchev–Trinajstić information content (AvgIpc) is 2.33. The first-order valence-electron chi connectivity index (χ1n) is 5.25. The van der Waals surface area contributed by atoms with Gasteiger partial charge < -0.3 is 5.11 Å². The molecule has 17 heavy (non-hydrogen) atoms. The van der Waals surface area contributed by atoms with Crippen LogP contribution in [0.5, 0.6) is 0 Å². The summed E-state index contributed by atoms with van der Waals surface area (Å²) in [6.45, 7) is 1.74. The zero-order valence-corrected chi connectivity index (χ0v) is 10.8. The molecule has 0 aromatic heterocycles. The van der Waals surface area contributed by atoms with Crippen LogP contribution in [0.25, 0.3) is 0 Å². The first-order valence-corrected chi connectivity index (χ1v) is 6.01. The van der Waals surface area contributed by atoms with Gasteiger partial charge in [0.25, 0.3) is 0 Å². The van der Waals surface area contributed by atoms with Crippen molar-refractivity contribution in [3.63, 3.8) is 0 Å². The van der Waals surface area contributed by atoms with E-state index in [0.717, 1.165) is 11.1 Å². The minimum atomic E-state index is -1.07. The summed E-state index contributed by atoms with van der Waals surface area (Å²) in [6.07, 6.45) is 0. The van der Waals surface area contributed by atoms with Crippen molar-refractivity contribution in [2.24, 2.45) is 0 Å². The minimum Gasteiger partial charge on any atom is -0.381 e. The molecule has 1 N–H and O–H groups in total. The third-order valence-electron chi connectivity index (χ3n) is 2.82. The molecule has 1 unspecified atom stereocenters. The molecule has 3 heteroatoms. The van der Waals surface area contributed by atoms with Crippen molar-refractivity contribution in [3.05, 3.63) is 69.7 Å². The van der Waals surface area contributed by atoms with Crippen LogP contribution < -0.4 is 0 Å². The average molecular weight is 267 g/mol. The Morgan fingerprint density at radius 1 is 0.882 bits per heavy atom. The molecule has 0 aliphatic rings. The maximum Gasteiger partial charge on any atom is 0.112 e. The van der Waals surface area contributed by atoms with E-state index in [1.807, 2.05) is 30.3 Å². The molecule has 2 rings (SSSR count). The van der Waals surface area contributed by atoms with E-state index >= 15 is 0 Å². The Balaban J connectivity index is 2.48. The van der Waals surface area contributed by atoms with Gasteiger partial charge in [-0.25, -0.2) is 0 Å². The van der Waals surface area contributed by atoms with Crippen molar-refractivity contribution in [2.45, 2.75) is 12.5 Å². The highest BCUT2D eigenvalue weighted by molar-refractivity contribution is 6.42. The van der Waals surface area contributed by atoms with Crippen LogP contribution in [0.2, 0.25) is 10.0 Å². The Bertz CT molecular complexity index is 521. The number of halogens is 2. The molecule has 0 fully saturated rings. The second kappa shape index (κ2) is 4.69. The number of hydrogen-bond donors (Lipinski definition) is 1. The Morgan fingerprint density at radius 2 is 1.53 bits per heavy atom. The summed E-state index contributed by atoms with van der Waals surface area (Å²) >= 11 is 11.8. The van der Waals surface area contributed by atoms with Crippen LogP contribution in [0.1, 0.15) is 18.1 Å². The van der Waals surface area contributed by atoms with Crippen LogP contribution in [-0.2, 0) is 5.60 Å². The number of aliphatic hydroxyl groups is 1. The summed E-state index contributed by atoms with van der Waals surface area (Å²) in [5, 5.41) is 11.5. The predicted molar refractivity (Wildman–Crippen MR) is 71.6 cm³/mol. The van der Waals surface area contributed by atoms with E-state index in [1.165, 1.54) is 0 Å². The fraction of sp³-hybridized carbons (Fsp3) is 0.143. The van der Waals surface area contributed by atoms with Gasteiger partial charge in [-0.3, -0.25) is 0 Å². The van der Waals surface area contributed by atoms with E-state index in [2.05, 4.69) is 0 Å². The van der Waals surface area contributed by atoms with Gasteiger partial charge in [0, 0.05) is 0 Å². The lowest BCUT2D eigenvalue weighted by Gasteiger charge is -2.24. The second-order valence-electron chi connectivity index (χ2n) is 4.07. The van der Waals surface area contributed by atoms with Crippen LogP contribution in [0.15, 0.2) is 48.5 Å². The SMILES string of the molecule is CC(O)(c1ccccc1)c1ccc(Cl)c(Cl)c1. The molecule has 0 saturated heterocycles. The van der Waals surface area contributed by atoms with Gasteiger partial charge in [0.2, 0.25) is 0 Å².